The maximum atomic E-state index is 5.63. The standard InChI is InChI=1S/C15H13N3O2/c1-10-13(8-9-19-10)15-17-14(20-18-15)7-4-11-2-5-12(16)6-3-11/h2-9H,16H2,1H3/b7-4+. The molecule has 0 aliphatic carbocycles. The summed E-state index contributed by atoms with van der Waals surface area (Å²) in [6.45, 7) is 1.86. The first kappa shape index (κ1) is 12.2. The van der Waals surface area contributed by atoms with Gasteiger partial charge >= 0.3 is 0 Å². The van der Waals surface area contributed by atoms with Gasteiger partial charge in [-0.05, 0) is 36.8 Å². The summed E-state index contributed by atoms with van der Waals surface area (Å²) in [4.78, 5) is 4.30. The maximum Gasteiger partial charge on any atom is 0.250 e. The Labute approximate surface area is 115 Å². The van der Waals surface area contributed by atoms with E-state index in [1.54, 1.807) is 12.3 Å². The topological polar surface area (TPSA) is 78.1 Å². The second kappa shape index (κ2) is 5.05. The Bertz CT molecular complexity index is 739. The second-order valence-corrected chi connectivity index (χ2v) is 4.35. The van der Waals surface area contributed by atoms with Crippen molar-refractivity contribution in [2.75, 3.05) is 5.73 Å². The molecule has 0 saturated heterocycles. The van der Waals surface area contributed by atoms with Gasteiger partial charge < -0.3 is 14.7 Å². The molecule has 100 valence electrons. The molecule has 0 aliphatic heterocycles. The zero-order valence-corrected chi connectivity index (χ0v) is 10.9. The highest BCUT2D eigenvalue weighted by Gasteiger charge is 2.11. The minimum absolute atomic E-state index is 0.442. The van der Waals surface area contributed by atoms with Gasteiger partial charge in [0.25, 0.3) is 5.89 Å². The van der Waals surface area contributed by atoms with Crippen LogP contribution in [0.5, 0.6) is 0 Å². The van der Waals surface area contributed by atoms with E-state index in [0.717, 1.165) is 22.6 Å². The lowest BCUT2D eigenvalue weighted by molar-refractivity contribution is 0.411. The summed E-state index contributed by atoms with van der Waals surface area (Å²) in [5, 5.41) is 3.93. The van der Waals surface area contributed by atoms with Crippen LogP contribution in [0.2, 0.25) is 0 Å². The lowest BCUT2D eigenvalue weighted by Crippen LogP contribution is -1.82. The van der Waals surface area contributed by atoms with Gasteiger partial charge in [0, 0.05) is 11.8 Å². The summed E-state index contributed by atoms with van der Waals surface area (Å²) in [5.41, 5.74) is 8.21. The monoisotopic (exact) mass is 267 g/mol. The summed E-state index contributed by atoms with van der Waals surface area (Å²) >= 11 is 0. The van der Waals surface area contributed by atoms with E-state index in [1.807, 2.05) is 43.3 Å². The van der Waals surface area contributed by atoms with Crippen LogP contribution in [0.3, 0.4) is 0 Å². The van der Waals surface area contributed by atoms with Crippen molar-refractivity contribution in [3.8, 4) is 11.4 Å². The van der Waals surface area contributed by atoms with Gasteiger partial charge in [0.15, 0.2) is 0 Å². The molecule has 0 radical (unpaired) electrons. The van der Waals surface area contributed by atoms with Crippen molar-refractivity contribution in [2.45, 2.75) is 6.92 Å². The number of hydrogen-bond acceptors (Lipinski definition) is 5. The molecule has 0 fully saturated rings. The van der Waals surface area contributed by atoms with E-state index >= 15 is 0 Å². The number of benzene rings is 1. The van der Waals surface area contributed by atoms with E-state index in [1.165, 1.54) is 0 Å². The number of aryl methyl sites for hydroxylation is 1. The number of anilines is 1. The Morgan fingerprint density at radius 1 is 1.10 bits per heavy atom. The van der Waals surface area contributed by atoms with Crippen LogP contribution in [0.1, 0.15) is 17.2 Å². The highest BCUT2D eigenvalue weighted by molar-refractivity contribution is 5.68. The number of nitrogen functional groups attached to an aromatic ring is 1. The van der Waals surface area contributed by atoms with E-state index < -0.39 is 0 Å². The molecule has 1 aromatic carbocycles. The van der Waals surface area contributed by atoms with Crippen molar-refractivity contribution in [2.24, 2.45) is 0 Å². The van der Waals surface area contributed by atoms with Crippen molar-refractivity contribution in [1.29, 1.82) is 0 Å². The van der Waals surface area contributed by atoms with Gasteiger partial charge in [0.2, 0.25) is 5.82 Å². The number of hydrogen-bond donors (Lipinski definition) is 1. The normalized spacial score (nSPS) is 11.2. The molecule has 5 heteroatoms. The summed E-state index contributed by atoms with van der Waals surface area (Å²) in [7, 11) is 0. The SMILES string of the molecule is Cc1occc1-c1noc(/C=C/c2ccc(N)cc2)n1. The predicted octanol–water partition coefficient (Wildman–Crippen LogP) is 3.39. The molecule has 2 heterocycles. The van der Waals surface area contributed by atoms with E-state index in [0.29, 0.717) is 11.7 Å². The molecule has 5 nitrogen and oxygen atoms in total. The van der Waals surface area contributed by atoms with Gasteiger partial charge in [-0.25, -0.2) is 0 Å². The van der Waals surface area contributed by atoms with Gasteiger partial charge in [-0.1, -0.05) is 17.3 Å². The molecule has 2 N–H and O–H groups in total. The summed E-state index contributed by atoms with van der Waals surface area (Å²) in [6.07, 6.45) is 5.25. The molecule has 20 heavy (non-hydrogen) atoms. The average Bonchev–Trinajstić information content (AvgIpc) is 3.06. The van der Waals surface area contributed by atoms with Crippen LogP contribution in [0, 0.1) is 6.92 Å². The lowest BCUT2D eigenvalue weighted by atomic mass is 10.2. The molecule has 0 bridgehead atoms. The third kappa shape index (κ3) is 2.47. The molecular formula is C15H13N3O2. The molecule has 0 unspecified atom stereocenters. The zero-order chi connectivity index (χ0) is 13.9. The fourth-order valence-corrected chi connectivity index (χ4v) is 1.80. The molecule has 0 saturated carbocycles. The van der Waals surface area contributed by atoms with Crippen LogP contribution in [0.4, 0.5) is 5.69 Å². The second-order valence-electron chi connectivity index (χ2n) is 4.35. The minimum Gasteiger partial charge on any atom is -0.469 e. The quantitative estimate of drug-likeness (QED) is 0.736. The predicted molar refractivity (Wildman–Crippen MR) is 76.5 cm³/mol. The smallest absolute Gasteiger partial charge is 0.250 e. The lowest BCUT2D eigenvalue weighted by Gasteiger charge is -1.93. The summed E-state index contributed by atoms with van der Waals surface area (Å²) in [6, 6.07) is 9.34. The van der Waals surface area contributed by atoms with Crippen molar-refractivity contribution in [1.82, 2.24) is 10.1 Å². The van der Waals surface area contributed by atoms with Crippen molar-refractivity contribution < 1.29 is 8.94 Å². The van der Waals surface area contributed by atoms with Gasteiger partial charge in [0.05, 0.1) is 11.8 Å². The molecule has 3 aromatic rings. The fraction of sp³-hybridized carbons (Fsp3) is 0.0667. The Morgan fingerprint density at radius 3 is 2.60 bits per heavy atom. The molecule has 3 rings (SSSR count). The van der Waals surface area contributed by atoms with E-state index in [2.05, 4.69) is 10.1 Å². The van der Waals surface area contributed by atoms with Gasteiger partial charge in [-0.3, -0.25) is 0 Å². The van der Waals surface area contributed by atoms with Crippen LogP contribution in [0.25, 0.3) is 23.5 Å². The Balaban J connectivity index is 1.81. The molecule has 2 aromatic heterocycles. The zero-order valence-electron chi connectivity index (χ0n) is 10.9. The Hall–Kier alpha value is -2.82. The maximum absolute atomic E-state index is 5.63. The summed E-state index contributed by atoms with van der Waals surface area (Å²) < 4.78 is 10.4. The number of furan rings is 1. The van der Waals surface area contributed by atoms with Crippen LogP contribution in [-0.4, -0.2) is 10.1 Å². The van der Waals surface area contributed by atoms with Crippen molar-refractivity contribution in [3.63, 3.8) is 0 Å². The minimum atomic E-state index is 0.442. The van der Waals surface area contributed by atoms with Crippen LogP contribution >= 0.6 is 0 Å². The average molecular weight is 267 g/mol. The van der Waals surface area contributed by atoms with Crippen LogP contribution < -0.4 is 5.73 Å². The third-order valence-corrected chi connectivity index (χ3v) is 2.90. The first-order chi connectivity index (χ1) is 9.72. The first-order valence-electron chi connectivity index (χ1n) is 6.14. The Kier molecular flexibility index (Phi) is 3.09. The molecule has 0 aliphatic rings. The van der Waals surface area contributed by atoms with Gasteiger partial charge in [-0.15, -0.1) is 0 Å². The van der Waals surface area contributed by atoms with Crippen molar-refractivity contribution >= 4 is 17.8 Å². The largest absolute Gasteiger partial charge is 0.469 e. The molecular weight excluding hydrogens is 254 g/mol. The number of aromatic nitrogens is 2. The van der Waals surface area contributed by atoms with E-state index in [-0.39, 0.29) is 0 Å². The highest BCUT2D eigenvalue weighted by Crippen LogP contribution is 2.21. The number of nitrogens with two attached hydrogens (primary N) is 1. The van der Waals surface area contributed by atoms with Crippen LogP contribution in [0.15, 0.2) is 45.5 Å². The molecule has 0 atom stereocenters. The van der Waals surface area contributed by atoms with E-state index in [4.69, 9.17) is 14.7 Å². The first-order valence-corrected chi connectivity index (χ1v) is 6.14. The summed E-state index contributed by atoms with van der Waals surface area (Å²) in [5.74, 6) is 1.73. The fourth-order valence-electron chi connectivity index (χ4n) is 1.80. The third-order valence-electron chi connectivity index (χ3n) is 2.90. The van der Waals surface area contributed by atoms with Crippen molar-refractivity contribution in [3.05, 3.63) is 53.8 Å². The van der Waals surface area contributed by atoms with E-state index in [9.17, 15) is 0 Å². The molecule has 0 amide bonds. The number of rotatable bonds is 3. The number of nitrogens with zero attached hydrogens (tertiary/aromatic N) is 2. The Morgan fingerprint density at radius 2 is 1.90 bits per heavy atom. The highest BCUT2D eigenvalue weighted by atomic mass is 16.5. The van der Waals surface area contributed by atoms with Crippen LogP contribution in [-0.2, 0) is 0 Å². The van der Waals surface area contributed by atoms with Gasteiger partial charge in [-0.2, -0.15) is 4.98 Å². The van der Waals surface area contributed by atoms with Gasteiger partial charge in [0.1, 0.15) is 5.76 Å². The molecule has 0 spiro atoms.